The van der Waals surface area contributed by atoms with Gasteiger partial charge in [-0.15, -0.1) is 0 Å². The fraction of sp³-hybridized carbons (Fsp3) is 0.308. The van der Waals surface area contributed by atoms with Gasteiger partial charge in [0.2, 0.25) is 0 Å². The molecule has 35 heavy (non-hydrogen) atoms. The number of piperazine rings is 1. The molecule has 0 bridgehead atoms. The van der Waals surface area contributed by atoms with Crippen molar-refractivity contribution in [1.29, 1.82) is 0 Å². The van der Waals surface area contributed by atoms with Gasteiger partial charge in [0.05, 0.1) is 21.1 Å². The van der Waals surface area contributed by atoms with Crippen molar-refractivity contribution in [2.24, 2.45) is 7.05 Å². The molecule has 7 nitrogen and oxygen atoms in total. The van der Waals surface area contributed by atoms with E-state index >= 15 is 0 Å². The van der Waals surface area contributed by atoms with Gasteiger partial charge in [0.25, 0.3) is 0 Å². The van der Waals surface area contributed by atoms with Crippen LogP contribution in [0.1, 0.15) is 21.7 Å². The molecule has 0 radical (unpaired) electrons. The summed E-state index contributed by atoms with van der Waals surface area (Å²) in [5, 5.41) is 15.6. The molecule has 1 aliphatic rings. The van der Waals surface area contributed by atoms with Gasteiger partial charge in [0.15, 0.2) is 0 Å². The van der Waals surface area contributed by atoms with E-state index in [1.807, 2.05) is 48.9 Å². The van der Waals surface area contributed by atoms with E-state index in [9.17, 15) is 9.90 Å². The van der Waals surface area contributed by atoms with Crippen molar-refractivity contribution in [1.82, 2.24) is 14.6 Å². The van der Waals surface area contributed by atoms with E-state index < -0.39 is 5.97 Å². The standard InChI is InChI=1S/C26H26Cl2N4O3/c1-16-18(25(29-35-16)24-21(27)4-3-5-22(24)28)8-9-31-10-12-32(13-11-31)17-6-7-19-20(26(33)34)15-30(2)23(19)14-17/h3-7,14-15H,8-13H2,1-2H3,(H,33,34). The fourth-order valence-electron chi connectivity index (χ4n) is 4.85. The second-order valence-electron chi connectivity index (χ2n) is 8.90. The highest BCUT2D eigenvalue weighted by atomic mass is 35.5. The number of halogens is 2. The van der Waals surface area contributed by atoms with Gasteiger partial charge >= 0.3 is 5.97 Å². The third kappa shape index (κ3) is 4.51. The van der Waals surface area contributed by atoms with Gasteiger partial charge in [0, 0.05) is 68.2 Å². The molecule has 2 aromatic heterocycles. The number of hydrogen-bond donors (Lipinski definition) is 1. The van der Waals surface area contributed by atoms with Crippen molar-refractivity contribution < 1.29 is 14.4 Å². The predicted octanol–water partition coefficient (Wildman–Crippen LogP) is 5.51. The number of rotatable bonds is 6. The lowest BCUT2D eigenvalue weighted by atomic mass is 10.0. The Morgan fingerprint density at radius 3 is 2.51 bits per heavy atom. The number of carboxylic acid groups (broad SMARTS) is 1. The summed E-state index contributed by atoms with van der Waals surface area (Å²) in [4.78, 5) is 16.3. The van der Waals surface area contributed by atoms with E-state index in [-0.39, 0.29) is 0 Å². The molecule has 3 heterocycles. The molecule has 1 aliphatic heterocycles. The first-order chi connectivity index (χ1) is 16.8. The second kappa shape index (κ2) is 9.57. The van der Waals surface area contributed by atoms with Crippen molar-refractivity contribution in [2.75, 3.05) is 37.6 Å². The molecule has 0 spiro atoms. The number of carboxylic acids is 1. The molecule has 0 unspecified atom stereocenters. The zero-order chi connectivity index (χ0) is 24.7. The molecule has 2 aromatic carbocycles. The molecule has 0 saturated carbocycles. The van der Waals surface area contributed by atoms with Crippen LogP contribution in [0, 0.1) is 6.92 Å². The van der Waals surface area contributed by atoms with Crippen molar-refractivity contribution in [2.45, 2.75) is 13.3 Å². The molecule has 182 valence electrons. The number of aromatic nitrogens is 2. The molecule has 1 fully saturated rings. The smallest absolute Gasteiger partial charge is 0.337 e. The summed E-state index contributed by atoms with van der Waals surface area (Å²) in [7, 11) is 1.88. The van der Waals surface area contributed by atoms with Gasteiger partial charge in [-0.05, 0) is 43.7 Å². The Balaban J connectivity index is 1.25. The van der Waals surface area contributed by atoms with Crippen LogP contribution >= 0.6 is 23.2 Å². The molecular formula is C26H26Cl2N4O3. The molecule has 4 aromatic rings. The third-order valence-electron chi connectivity index (χ3n) is 6.80. The molecule has 1 saturated heterocycles. The van der Waals surface area contributed by atoms with E-state index in [2.05, 4.69) is 21.0 Å². The maximum atomic E-state index is 11.5. The molecular weight excluding hydrogens is 487 g/mol. The zero-order valence-corrected chi connectivity index (χ0v) is 21.1. The Bertz CT molecular complexity index is 1380. The second-order valence-corrected chi connectivity index (χ2v) is 9.72. The quantitative estimate of drug-likeness (QED) is 0.367. The minimum absolute atomic E-state index is 0.334. The predicted molar refractivity (Wildman–Crippen MR) is 139 cm³/mol. The Kier molecular flexibility index (Phi) is 6.49. The van der Waals surface area contributed by atoms with E-state index in [1.54, 1.807) is 6.20 Å². The third-order valence-corrected chi connectivity index (χ3v) is 7.43. The Labute approximate surface area is 213 Å². The summed E-state index contributed by atoms with van der Waals surface area (Å²) >= 11 is 12.8. The highest BCUT2D eigenvalue weighted by molar-refractivity contribution is 6.39. The summed E-state index contributed by atoms with van der Waals surface area (Å²) in [6, 6.07) is 11.5. The lowest BCUT2D eigenvalue weighted by molar-refractivity contribution is 0.0699. The summed E-state index contributed by atoms with van der Waals surface area (Å²) in [5.74, 6) is -0.119. The monoisotopic (exact) mass is 512 g/mol. The minimum atomic E-state index is -0.903. The largest absolute Gasteiger partial charge is 0.478 e. The molecule has 1 N–H and O–H groups in total. The normalized spacial score (nSPS) is 14.7. The van der Waals surface area contributed by atoms with E-state index in [1.165, 1.54) is 0 Å². The van der Waals surface area contributed by atoms with Crippen LogP contribution in [0.25, 0.3) is 22.2 Å². The highest BCUT2D eigenvalue weighted by Gasteiger charge is 2.23. The Morgan fingerprint density at radius 2 is 1.83 bits per heavy atom. The Morgan fingerprint density at radius 1 is 1.11 bits per heavy atom. The van der Waals surface area contributed by atoms with Crippen molar-refractivity contribution in [3.8, 4) is 11.3 Å². The summed E-state index contributed by atoms with van der Waals surface area (Å²) in [6.45, 7) is 6.45. The van der Waals surface area contributed by atoms with E-state index in [0.717, 1.165) is 72.6 Å². The average molecular weight is 513 g/mol. The minimum Gasteiger partial charge on any atom is -0.478 e. The topological polar surface area (TPSA) is 74.7 Å². The van der Waals surface area contributed by atoms with Crippen LogP contribution < -0.4 is 4.90 Å². The Hall–Kier alpha value is -3.00. The zero-order valence-electron chi connectivity index (χ0n) is 19.6. The SMILES string of the molecule is Cc1onc(-c2c(Cl)cccc2Cl)c1CCN1CCN(c2ccc3c(C(=O)O)cn(C)c3c2)CC1. The van der Waals surface area contributed by atoms with Crippen LogP contribution in [0.4, 0.5) is 5.69 Å². The van der Waals surface area contributed by atoms with Crippen LogP contribution in [-0.4, -0.2) is 58.4 Å². The van der Waals surface area contributed by atoms with Crippen molar-refractivity contribution in [3.63, 3.8) is 0 Å². The number of nitrogens with zero attached hydrogens (tertiary/aromatic N) is 4. The first-order valence-electron chi connectivity index (χ1n) is 11.5. The summed E-state index contributed by atoms with van der Waals surface area (Å²) in [5.41, 5.74) is 4.84. The number of hydrogen-bond acceptors (Lipinski definition) is 5. The molecule has 0 aliphatic carbocycles. The van der Waals surface area contributed by atoms with Gasteiger partial charge in [-0.2, -0.15) is 0 Å². The lowest BCUT2D eigenvalue weighted by Crippen LogP contribution is -2.47. The molecule has 5 rings (SSSR count). The van der Waals surface area contributed by atoms with Crippen LogP contribution in [0.5, 0.6) is 0 Å². The van der Waals surface area contributed by atoms with Gasteiger partial charge in [-0.25, -0.2) is 4.79 Å². The summed E-state index contributed by atoms with van der Waals surface area (Å²) < 4.78 is 7.38. The van der Waals surface area contributed by atoms with Crippen LogP contribution in [0.2, 0.25) is 10.0 Å². The number of anilines is 1. The van der Waals surface area contributed by atoms with E-state index in [4.69, 9.17) is 27.7 Å². The van der Waals surface area contributed by atoms with Crippen LogP contribution in [0.15, 0.2) is 47.1 Å². The number of aryl methyl sites for hydroxylation is 2. The average Bonchev–Trinajstić information content (AvgIpc) is 3.37. The number of carbonyl (C=O) groups is 1. The first-order valence-corrected chi connectivity index (χ1v) is 12.3. The number of benzene rings is 2. The maximum absolute atomic E-state index is 11.5. The number of aromatic carboxylic acids is 1. The number of fused-ring (bicyclic) bond motifs is 1. The van der Waals surface area contributed by atoms with Gasteiger partial charge < -0.3 is 19.1 Å². The molecule has 0 atom stereocenters. The molecule has 0 amide bonds. The van der Waals surface area contributed by atoms with Crippen molar-refractivity contribution >= 4 is 45.8 Å². The highest BCUT2D eigenvalue weighted by Crippen LogP contribution is 2.37. The van der Waals surface area contributed by atoms with Gasteiger partial charge in [-0.3, -0.25) is 4.90 Å². The van der Waals surface area contributed by atoms with Crippen molar-refractivity contribution in [3.05, 3.63) is 69.5 Å². The molecule has 9 heteroatoms. The summed E-state index contributed by atoms with van der Waals surface area (Å²) in [6.07, 6.45) is 2.46. The van der Waals surface area contributed by atoms with Gasteiger partial charge in [-0.1, -0.05) is 34.4 Å². The van der Waals surface area contributed by atoms with Gasteiger partial charge in [0.1, 0.15) is 11.5 Å². The van der Waals surface area contributed by atoms with Crippen LogP contribution in [0.3, 0.4) is 0 Å². The first kappa shape index (κ1) is 23.7. The van der Waals surface area contributed by atoms with E-state index in [0.29, 0.717) is 21.3 Å². The fourth-order valence-corrected chi connectivity index (χ4v) is 5.42. The van der Waals surface area contributed by atoms with Crippen LogP contribution in [-0.2, 0) is 13.5 Å². The lowest BCUT2D eigenvalue weighted by Gasteiger charge is -2.36. The maximum Gasteiger partial charge on any atom is 0.337 e.